The molecule has 0 aliphatic heterocycles. The van der Waals surface area contributed by atoms with Gasteiger partial charge in [0.1, 0.15) is 11.4 Å². The number of hydrogen-bond acceptors (Lipinski definition) is 4. The Bertz CT molecular complexity index is 710. The summed E-state index contributed by atoms with van der Waals surface area (Å²) in [4.78, 5) is 21.0. The first kappa shape index (κ1) is 28.4. The molecule has 164 valence electrons. The van der Waals surface area contributed by atoms with Gasteiger partial charge in [0, 0.05) is 17.6 Å². The maximum absolute atomic E-state index is 10.7. The van der Waals surface area contributed by atoms with E-state index < -0.39 is 0 Å². The van der Waals surface area contributed by atoms with Gasteiger partial charge in [0.2, 0.25) is 6.41 Å². The summed E-state index contributed by atoms with van der Waals surface area (Å²) in [7, 11) is 1.63. The Kier molecular flexibility index (Phi) is 15.9. The van der Waals surface area contributed by atoms with Crippen LogP contribution in [0.4, 0.5) is 10.5 Å². The minimum Gasteiger partial charge on any atom is -0.496 e. The molecule has 29 heavy (non-hydrogen) atoms. The van der Waals surface area contributed by atoms with Crippen LogP contribution >= 0.6 is 0 Å². The number of benzene rings is 2. The van der Waals surface area contributed by atoms with E-state index in [1.165, 1.54) is 0 Å². The zero-order chi connectivity index (χ0) is 22.9. The molecule has 6 heteroatoms. The number of alkyl carbamates (subject to hydrolysis) is 1. The molecule has 0 bridgehead atoms. The zero-order valence-corrected chi connectivity index (χ0v) is 19.4. The lowest BCUT2D eigenvalue weighted by Crippen LogP contribution is -2.32. The van der Waals surface area contributed by atoms with Gasteiger partial charge in [-0.1, -0.05) is 45.9 Å². The average Bonchev–Trinajstić information content (AvgIpc) is 2.70. The SMILES string of the molecule is CC.CC.CCNC(=O)OC(C)(C)C.COc1cccc2ccc(NC=O)cc12. The normalized spacial score (nSPS) is 9.28. The van der Waals surface area contributed by atoms with Gasteiger partial charge >= 0.3 is 6.09 Å². The van der Waals surface area contributed by atoms with Gasteiger partial charge in [-0.3, -0.25) is 4.79 Å². The van der Waals surface area contributed by atoms with Crippen LogP contribution in [0.25, 0.3) is 10.8 Å². The summed E-state index contributed by atoms with van der Waals surface area (Å²) < 4.78 is 10.2. The fraction of sp³-hybridized carbons (Fsp3) is 0.478. The zero-order valence-electron chi connectivity index (χ0n) is 19.4. The fourth-order valence-electron chi connectivity index (χ4n) is 2.04. The number of amides is 2. The van der Waals surface area contributed by atoms with Crippen molar-refractivity contribution in [1.82, 2.24) is 5.32 Å². The van der Waals surface area contributed by atoms with Crippen molar-refractivity contribution in [3.05, 3.63) is 36.4 Å². The molecule has 0 spiro atoms. The molecular formula is C23H38N2O4. The third-order valence-corrected chi connectivity index (χ3v) is 3.01. The van der Waals surface area contributed by atoms with Crippen molar-refractivity contribution >= 4 is 29.0 Å². The Balaban J connectivity index is 0. The van der Waals surface area contributed by atoms with Gasteiger partial charge in [-0.25, -0.2) is 4.79 Å². The van der Waals surface area contributed by atoms with Gasteiger partial charge < -0.3 is 20.1 Å². The van der Waals surface area contributed by atoms with Crippen molar-refractivity contribution in [3.63, 3.8) is 0 Å². The highest BCUT2D eigenvalue weighted by Gasteiger charge is 2.14. The molecule has 0 aliphatic carbocycles. The lowest BCUT2D eigenvalue weighted by Gasteiger charge is -2.19. The predicted octanol–water partition coefficient (Wildman–Crippen LogP) is 6.00. The molecule has 0 unspecified atom stereocenters. The van der Waals surface area contributed by atoms with Crippen molar-refractivity contribution in [2.45, 2.75) is 61.0 Å². The van der Waals surface area contributed by atoms with Crippen LogP contribution in [-0.2, 0) is 9.53 Å². The molecule has 0 atom stereocenters. The van der Waals surface area contributed by atoms with Gasteiger partial charge in [0.15, 0.2) is 0 Å². The molecule has 2 aromatic rings. The van der Waals surface area contributed by atoms with Crippen molar-refractivity contribution in [3.8, 4) is 5.75 Å². The van der Waals surface area contributed by atoms with Crippen molar-refractivity contribution in [1.29, 1.82) is 0 Å². The molecule has 0 heterocycles. The lowest BCUT2D eigenvalue weighted by atomic mass is 10.1. The Morgan fingerprint density at radius 3 is 2.17 bits per heavy atom. The number of fused-ring (bicyclic) bond motifs is 1. The summed E-state index contributed by atoms with van der Waals surface area (Å²) in [5, 5.41) is 7.24. The van der Waals surface area contributed by atoms with Crippen LogP contribution in [0.15, 0.2) is 36.4 Å². The number of carbonyl (C=O) groups is 2. The monoisotopic (exact) mass is 406 g/mol. The van der Waals surface area contributed by atoms with Crippen LogP contribution in [-0.4, -0.2) is 31.8 Å². The first-order valence-electron chi connectivity index (χ1n) is 10.0. The van der Waals surface area contributed by atoms with Gasteiger partial charge in [0.05, 0.1) is 7.11 Å². The minimum absolute atomic E-state index is 0.352. The molecule has 0 saturated carbocycles. The summed E-state index contributed by atoms with van der Waals surface area (Å²) in [6.07, 6.45) is 0.311. The molecule has 0 fully saturated rings. The summed E-state index contributed by atoms with van der Waals surface area (Å²) in [6.45, 7) is 16.0. The van der Waals surface area contributed by atoms with Crippen molar-refractivity contribution < 1.29 is 19.1 Å². The topological polar surface area (TPSA) is 76.7 Å². The Hall–Kier alpha value is -2.76. The summed E-state index contributed by atoms with van der Waals surface area (Å²) >= 11 is 0. The third-order valence-electron chi connectivity index (χ3n) is 3.01. The van der Waals surface area contributed by atoms with E-state index in [9.17, 15) is 9.59 Å². The maximum Gasteiger partial charge on any atom is 0.407 e. The van der Waals surface area contributed by atoms with Crippen LogP contribution in [0.2, 0.25) is 0 Å². The highest BCUT2D eigenvalue weighted by Crippen LogP contribution is 2.27. The highest BCUT2D eigenvalue weighted by molar-refractivity contribution is 5.92. The van der Waals surface area contributed by atoms with E-state index in [2.05, 4.69) is 10.6 Å². The number of methoxy groups -OCH3 is 1. The fourth-order valence-corrected chi connectivity index (χ4v) is 2.04. The van der Waals surface area contributed by atoms with Gasteiger partial charge in [-0.15, -0.1) is 0 Å². The van der Waals surface area contributed by atoms with E-state index in [1.54, 1.807) is 7.11 Å². The first-order chi connectivity index (χ1) is 13.8. The second kappa shape index (κ2) is 16.2. The third kappa shape index (κ3) is 12.3. The van der Waals surface area contributed by atoms with E-state index in [1.807, 2.05) is 91.8 Å². The van der Waals surface area contributed by atoms with E-state index in [-0.39, 0.29) is 11.7 Å². The van der Waals surface area contributed by atoms with Crippen LogP contribution < -0.4 is 15.4 Å². The molecule has 2 N–H and O–H groups in total. The van der Waals surface area contributed by atoms with E-state index in [4.69, 9.17) is 9.47 Å². The smallest absolute Gasteiger partial charge is 0.407 e. The van der Waals surface area contributed by atoms with E-state index >= 15 is 0 Å². The van der Waals surface area contributed by atoms with Crippen LogP contribution in [0.3, 0.4) is 0 Å². The summed E-state index contributed by atoms with van der Waals surface area (Å²) in [6, 6.07) is 11.5. The Morgan fingerprint density at radius 1 is 1.07 bits per heavy atom. The maximum atomic E-state index is 10.7. The van der Waals surface area contributed by atoms with Gasteiger partial charge in [-0.2, -0.15) is 0 Å². The Labute approximate surface area is 176 Å². The molecule has 2 rings (SSSR count). The van der Waals surface area contributed by atoms with Gasteiger partial charge in [-0.05, 0) is 51.3 Å². The molecule has 0 radical (unpaired) electrons. The molecule has 6 nitrogen and oxygen atoms in total. The number of carbonyl (C=O) groups excluding carboxylic acids is 2. The number of nitrogens with one attached hydrogen (secondary N) is 2. The Morgan fingerprint density at radius 2 is 1.69 bits per heavy atom. The molecular weight excluding hydrogens is 368 g/mol. The second-order valence-corrected chi connectivity index (χ2v) is 6.19. The number of ether oxygens (including phenoxy) is 2. The summed E-state index contributed by atoms with van der Waals surface area (Å²) in [5.74, 6) is 0.807. The standard InChI is InChI=1S/C12H11NO2.C7H15NO2.2C2H6/c1-15-12-4-2-3-9-5-6-10(13-8-14)7-11(9)12;1-5-8-6(9)10-7(2,3)4;2*1-2/h2-8H,1H3,(H,13,14);5H2,1-4H3,(H,8,9);2*1-2H3. The van der Waals surface area contributed by atoms with Crippen molar-refractivity contribution in [2.24, 2.45) is 0 Å². The number of rotatable bonds is 4. The van der Waals surface area contributed by atoms with E-state index in [0.717, 1.165) is 22.2 Å². The average molecular weight is 407 g/mol. The van der Waals surface area contributed by atoms with E-state index in [0.29, 0.717) is 13.0 Å². The molecule has 0 aromatic heterocycles. The quantitative estimate of drug-likeness (QED) is 0.611. The van der Waals surface area contributed by atoms with Crippen LogP contribution in [0, 0.1) is 0 Å². The highest BCUT2D eigenvalue weighted by atomic mass is 16.6. The number of anilines is 1. The molecule has 2 amide bonds. The molecule has 0 saturated heterocycles. The minimum atomic E-state index is -0.390. The van der Waals surface area contributed by atoms with Crippen LogP contribution in [0.5, 0.6) is 5.75 Å². The summed E-state index contributed by atoms with van der Waals surface area (Å²) in [5.41, 5.74) is 0.376. The van der Waals surface area contributed by atoms with Crippen LogP contribution in [0.1, 0.15) is 55.4 Å². The molecule has 0 aliphatic rings. The second-order valence-electron chi connectivity index (χ2n) is 6.19. The van der Waals surface area contributed by atoms with Crippen molar-refractivity contribution in [2.75, 3.05) is 19.0 Å². The number of hydrogen-bond donors (Lipinski definition) is 2. The predicted molar refractivity (Wildman–Crippen MR) is 123 cm³/mol. The lowest BCUT2D eigenvalue weighted by molar-refractivity contribution is -0.105. The first-order valence-corrected chi connectivity index (χ1v) is 10.0. The van der Waals surface area contributed by atoms with Gasteiger partial charge in [0.25, 0.3) is 0 Å². The largest absolute Gasteiger partial charge is 0.496 e. The molecule has 2 aromatic carbocycles.